The van der Waals surface area contributed by atoms with E-state index in [-0.39, 0.29) is 12.4 Å². The fourth-order valence-corrected chi connectivity index (χ4v) is 2.66. The van der Waals surface area contributed by atoms with E-state index < -0.39 is 17.7 Å². The second-order valence-corrected chi connectivity index (χ2v) is 6.03. The van der Waals surface area contributed by atoms with Gasteiger partial charge in [0.25, 0.3) is 5.91 Å². The number of benzene rings is 2. The number of nitrogens with one attached hydrogen (secondary N) is 1. The monoisotopic (exact) mass is 363 g/mol. The van der Waals surface area contributed by atoms with Crippen LogP contribution >= 0.6 is 11.8 Å². The maximum atomic E-state index is 13.4. The molecule has 0 aliphatic rings. The molecule has 1 amide bonds. The first-order chi connectivity index (χ1) is 12.1. The van der Waals surface area contributed by atoms with Gasteiger partial charge >= 0.3 is 5.97 Å². The van der Waals surface area contributed by atoms with Crippen LogP contribution in [0.2, 0.25) is 0 Å². The Balaban J connectivity index is 1.68. The molecule has 5 nitrogen and oxygen atoms in total. The van der Waals surface area contributed by atoms with E-state index in [4.69, 9.17) is 9.47 Å². The van der Waals surface area contributed by atoms with Crippen molar-refractivity contribution in [3.63, 3.8) is 0 Å². The van der Waals surface area contributed by atoms with E-state index in [1.807, 2.05) is 12.1 Å². The normalized spacial score (nSPS) is 10.2. The fraction of sp³-hybridized carbons (Fsp3) is 0.222. The summed E-state index contributed by atoms with van der Waals surface area (Å²) in [6.45, 7) is -0.0712. The minimum atomic E-state index is -0.579. The lowest BCUT2D eigenvalue weighted by atomic mass is 10.2. The summed E-state index contributed by atoms with van der Waals surface area (Å²) in [6.07, 6.45) is 0. The number of carbonyl (C=O) groups excluding carboxylic acids is 2. The summed E-state index contributed by atoms with van der Waals surface area (Å²) >= 11 is 1.03. The first kappa shape index (κ1) is 18.8. The van der Waals surface area contributed by atoms with E-state index in [9.17, 15) is 14.0 Å². The maximum Gasteiger partial charge on any atom is 0.316 e. The quantitative estimate of drug-likeness (QED) is 0.577. The number of hydrogen-bond donors (Lipinski definition) is 1. The third kappa shape index (κ3) is 6.46. The molecule has 2 aromatic carbocycles. The van der Waals surface area contributed by atoms with Gasteiger partial charge in [0.05, 0.1) is 12.9 Å². The fourth-order valence-electron chi connectivity index (χ4n) is 1.92. The van der Waals surface area contributed by atoms with Crippen molar-refractivity contribution in [3.05, 3.63) is 59.9 Å². The smallest absolute Gasteiger partial charge is 0.316 e. The molecular weight excluding hydrogens is 345 g/mol. The number of carbonyl (C=O) groups is 2. The molecule has 0 aliphatic carbocycles. The first-order valence-electron chi connectivity index (χ1n) is 7.51. The lowest BCUT2D eigenvalue weighted by Crippen LogP contribution is -2.28. The number of rotatable bonds is 8. The predicted molar refractivity (Wildman–Crippen MR) is 92.9 cm³/mol. The standard InChI is InChI=1S/C18H18FNO4S/c1-23-14-6-4-5-13(9-14)10-20-17(21)11-24-18(22)12-25-16-8-3-2-7-15(16)19/h2-9H,10-12H2,1H3,(H,20,21). The van der Waals surface area contributed by atoms with E-state index in [1.165, 1.54) is 6.07 Å². The number of hydrogen-bond acceptors (Lipinski definition) is 5. The summed E-state index contributed by atoms with van der Waals surface area (Å²) in [5.41, 5.74) is 0.870. The summed E-state index contributed by atoms with van der Waals surface area (Å²) in [5, 5.41) is 2.65. The lowest BCUT2D eigenvalue weighted by molar-refractivity contribution is -0.145. The molecular formula is C18H18FNO4S. The Morgan fingerprint density at radius 1 is 1.16 bits per heavy atom. The van der Waals surface area contributed by atoms with Crippen LogP contribution in [-0.2, 0) is 20.9 Å². The van der Waals surface area contributed by atoms with Crippen LogP contribution in [0.4, 0.5) is 4.39 Å². The van der Waals surface area contributed by atoms with Crippen molar-refractivity contribution in [3.8, 4) is 5.75 Å². The van der Waals surface area contributed by atoms with Gasteiger partial charge in [0.1, 0.15) is 11.6 Å². The van der Waals surface area contributed by atoms with Crippen molar-refractivity contribution in [2.75, 3.05) is 19.5 Å². The van der Waals surface area contributed by atoms with Gasteiger partial charge in [0, 0.05) is 11.4 Å². The molecule has 132 valence electrons. The van der Waals surface area contributed by atoms with Gasteiger partial charge in [0.15, 0.2) is 6.61 Å². The number of esters is 1. The maximum absolute atomic E-state index is 13.4. The summed E-state index contributed by atoms with van der Waals surface area (Å²) in [6, 6.07) is 13.4. The molecule has 0 atom stereocenters. The molecule has 0 radical (unpaired) electrons. The van der Waals surface area contributed by atoms with Gasteiger partial charge in [0.2, 0.25) is 0 Å². The summed E-state index contributed by atoms with van der Waals surface area (Å²) in [7, 11) is 1.57. The molecule has 0 unspecified atom stereocenters. The minimum Gasteiger partial charge on any atom is -0.497 e. The largest absolute Gasteiger partial charge is 0.497 e. The van der Waals surface area contributed by atoms with Crippen molar-refractivity contribution in [1.82, 2.24) is 5.32 Å². The lowest BCUT2D eigenvalue weighted by Gasteiger charge is -2.08. The van der Waals surface area contributed by atoms with Crippen molar-refractivity contribution >= 4 is 23.6 Å². The third-order valence-corrected chi connectivity index (χ3v) is 4.19. The molecule has 0 saturated carbocycles. The molecule has 2 rings (SSSR count). The van der Waals surface area contributed by atoms with Crippen LogP contribution in [0.3, 0.4) is 0 Å². The highest BCUT2D eigenvalue weighted by Crippen LogP contribution is 2.21. The molecule has 0 heterocycles. The Kier molecular flexibility index (Phi) is 7.28. The molecule has 0 aliphatic heterocycles. The highest BCUT2D eigenvalue weighted by molar-refractivity contribution is 8.00. The highest BCUT2D eigenvalue weighted by Gasteiger charge is 2.10. The van der Waals surface area contributed by atoms with Crippen LogP contribution in [-0.4, -0.2) is 31.3 Å². The minimum absolute atomic E-state index is 0.0654. The molecule has 25 heavy (non-hydrogen) atoms. The molecule has 0 bridgehead atoms. The Morgan fingerprint density at radius 3 is 2.72 bits per heavy atom. The van der Waals surface area contributed by atoms with Gasteiger partial charge in [-0.3, -0.25) is 9.59 Å². The van der Waals surface area contributed by atoms with E-state index in [0.29, 0.717) is 17.2 Å². The highest BCUT2D eigenvalue weighted by atomic mass is 32.2. The van der Waals surface area contributed by atoms with Crippen molar-refractivity contribution in [2.45, 2.75) is 11.4 Å². The van der Waals surface area contributed by atoms with E-state index in [1.54, 1.807) is 37.4 Å². The second kappa shape index (κ2) is 9.68. The van der Waals surface area contributed by atoms with E-state index in [0.717, 1.165) is 17.3 Å². The van der Waals surface area contributed by atoms with Gasteiger partial charge in [-0.15, -0.1) is 11.8 Å². The molecule has 0 fully saturated rings. The van der Waals surface area contributed by atoms with Crippen molar-refractivity contribution < 1.29 is 23.5 Å². The molecule has 0 aromatic heterocycles. The SMILES string of the molecule is COc1cccc(CNC(=O)COC(=O)CSc2ccccc2F)c1. The summed E-state index contributed by atoms with van der Waals surface area (Å²) in [4.78, 5) is 23.7. The van der Waals surface area contributed by atoms with E-state index in [2.05, 4.69) is 5.32 Å². The van der Waals surface area contributed by atoms with Gasteiger partial charge < -0.3 is 14.8 Å². The Morgan fingerprint density at radius 2 is 1.96 bits per heavy atom. The zero-order chi connectivity index (χ0) is 18.1. The van der Waals surface area contributed by atoms with Crippen LogP contribution in [0.15, 0.2) is 53.4 Å². The van der Waals surface area contributed by atoms with Crippen molar-refractivity contribution in [2.24, 2.45) is 0 Å². The number of methoxy groups -OCH3 is 1. The van der Waals surface area contributed by atoms with Crippen LogP contribution in [0, 0.1) is 5.82 Å². The molecule has 2 aromatic rings. The Bertz CT molecular complexity index is 739. The zero-order valence-electron chi connectivity index (χ0n) is 13.7. The summed E-state index contributed by atoms with van der Waals surface area (Å²) in [5.74, 6) is -0.749. The van der Waals surface area contributed by atoms with Crippen LogP contribution in [0.1, 0.15) is 5.56 Å². The van der Waals surface area contributed by atoms with Crippen LogP contribution in [0.25, 0.3) is 0 Å². The number of ether oxygens (including phenoxy) is 2. The molecule has 7 heteroatoms. The third-order valence-electron chi connectivity index (χ3n) is 3.17. The average Bonchev–Trinajstić information content (AvgIpc) is 2.64. The molecule has 0 spiro atoms. The average molecular weight is 363 g/mol. The predicted octanol–water partition coefficient (Wildman–Crippen LogP) is 2.79. The number of amides is 1. The van der Waals surface area contributed by atoms with Crippen LogP contribution < -0.4 is 10.1 Å². The zero-order valence-corrected chi connectivity index (χ0v) is 14.5. The van der Waals surface area contributed by atoms with Crippen LogP contribution in [0.5, 0.6) is 5.75 Å². The Labute approximate surface area is 149 Å². The topological polar surface area (TPSA) is 64.6 Å². The second-order valence-electron chi connectivity index (χ2n) is 5.01. The van der Waals surface area contributed by atoms with Gasteiger partial charge in [-0.25, -0.2) is 4.39 Å². The number of halogens is 1. The van der Waals surface area contributed by atoms with E-state index >= 15 is 0 Å². The molecule has 0 saturated heterocycles. The first-order valence-corrected chi connectivity index (χ1v) is 8.49. The van der Waals surface area contributed by atoms with Gasteiger partial charge in [-0.05, 0) is 29.8 Å². The summed E-state index contributed by atoms with van der Waals surface area (Å²) < 4.78 is 23.4. The van der Waals surface area contributed by atoms with Crippen molar-refractivity contribution in [1.29, 1.82) is 0 Å². The van der Waals surface area contributed by atoms with Gasteiger partial charge in [-0.2, -0.15) is 0 Å². The number of thioether (sulfide) groups is 1. The van der Waals surface area contributed by atoms with Gasteiger partial charge in [-0.1, -0.05) is 24.3 Å². The molecule has 1 N–H and O–H groups in total. The Hall–Kier alpha value is -2.54.